The van der Waals surface area contributed by atoms with Crippen LogP contribution in [-0.4, -0.2) is 83.8 Å². The predicted molar refractivity (Wildman–Crippen MR) is 91.8 cm³/mol. The molecule has 0 heterocycles. The number of halogens is 9. The molecule has 14 nitrogen and oxygen atoms in total. The zero-order valence-electron chi connectivity index (χ0n) is 18.2. The van der Waals surface area contributed by atoms with Gasteiger partial charge in [0.1, 0.15) is 17.9 Å². The van der Waals surface area contributed by atoms with Crippen molar-refractivity contribution in [3.63, 3.8) is 0 Å². The minimum absolute atomic E-state index is 0. The third kappa shape index (κ3) is 40.2. The van der Waals surface area contributed by atoms with Gasteiger partial charge in [-0.1, -0.05) is 0 Å². The van der Waals surface area contributed by atoms with Crippen LogP contribution in [0.15, 0.2) is 0 Å². The van der Waals surface area contributed by atoms with E-state index in [4.69, 9.17) is 62.9 Å². The van der Waals surface area contributed by atoms with Crippen LogP contribution in [0.25, 0.3) is 0 Å². The Bertz CT molecular complexity index is 645. The molecule has 0 aromatic carbocycles. The number of hydrogen-bond donors (Lipinski definition) is 6. The molecule has 0 aliphatic heterocycles. The summed E-state index contributed by atoms with van der Waals surface area (Å²) in [5.74, 6) is -11.3. The number of rotatable bonds is 6. The molecular formula is C14H20CoF9N4O10. The molecule has 0 saturated carbocycles. The minimum Gasteiger partial charge on any atom is -0.542 e. The monoisotopic (exact) mass is 634 g/mol. The predicted octanol–water partition coefficient (Wildman–Crippen LogP) is -4.61. The molecule has 228 valence electrons. The Balaban J connectivity index is -0.0000000874. The molecule has 0 saturated heterocycles. The number of carbonyl (C=O) groups excluding carboxylic acids is 3. The van der Waals surface area contributed by atoms with E-state index < -0.39 is 66.8 Å². The minimum atomic E-state index is -5.19. The van der Waals surface area contributed by atoms with Crippen molar-refractivity contribution in [2.45, 2.75) is 36.9 Å². The first-order valence-electron chi connectivity index (χ1n) is 8.31. The summed E-state index contributed by atoms with van der Waals surface area (Å²) in [6, 6.07) is 0. The van der Waals surface area contributed by atoms with Gasteiger partial charge >= 0.3 is 47.2 Å². The summed E-state index contributed by atoms with van der Waals surface area (Å²) >= 11 is 0. The van der Waals surface area contributed by atoms with Gasteiger partial charge in [-0.15, -0.1) is 0 Å². The van der Waals surface area contributed by atoms with Gasteiger partial charge in [0.05, 0.1) is 12.8 Å². The van der Waals surface area contributed by atoms with Crippen molar-refractivity contribution in [3.8, 4) is 0 Å². The average Bonchev–Trinajstić information content (AvgIpc) is 2.66. The maximum absolute atomic E-state index is 10.5. The molecule has 0 radical (unpaired) electrons. The van der Waals surface area contributed by atoms with E-state index in [0.717, 1.165) is 0 Å². The van der Waals surface area contributed by atoms with Gasteiger partial charge in [0, 0.05) is 25.2 Å². The van der Waals surface area contributed by atoms with Crippen LogP contribution in [0.1, 0.15) is 12.8 Å². The Morgan fingerprint density at radius 1 is 0.579 bits per heavy atom. The number of nitrogens with two attached hydrogens (primary N) is 4. The Hall–Kier alpha value is -2.93. The van der Waals surface area contributed by atoms with Crippen LogP contribution < -0.4 is 38.3 Å². The summed E-state index contributed by atoms with van der Waals surface area (Å²) in [7, 11) is 0. The molecule has 0 aromatic rings. The SMILES string of the molecule is NCC(N)(CC(=O)O)CC(=O)O.NCCN.O=C([O-])C(F)(F)F.O=C([O-])C(F)(F)F.O=C([O-])C(F)(F)F.[Co+3]. The van der Waals surface area contributed by atoms with Crippen molar-refractivity contribution < 1.29 is 106 Å². The average molecular weight is 634 g/mol. The molecule has 0 fully saturated rings. The Labute approximate surface area is 215 Å². The van der Waals surface area contributed by atoms with Crippen molar-refractivity contribution in [2.75, 3.05) is 19.6 Å². The van der Waals surface area contributed by atoms with E-state index in [-0.39, 0.29) is 23.3 Å². The fourth-order valence-electron chi connectivity index (χ4n) is 0.809. The van der Waals surface area contributed by atoms with Gasteiger partial charge < -0.3 is 62.9 Å². The smallest absolute Gasteiger partial charge is 0.542 e. The standard InChI is InChI=1S/C6H12N2O4.3C2HF3O2.C2H8N2.Co/c7-3-6(8,1-4(9)10)2-5(11)12;3*3-2(4,5)1(6)7;3-1-2-4;/h1-3,7-8H2,(H,9,10)(H,11,12);3*(H,6,7);1-4H2;/q;;;;;+3/p-3. The van der Waals surface area contributed by atoms with E-state index in [1.807, 2.05) is 0 Å². The van der Waals surface area contributed by atoms with Crippen LogP contribution in [0.2, 0.25) is 0 Å². The third-order valence-corrected chi connectivity index (χ3v) is 2.27. The number of carbonyl (C=O) groups is 5. The fourth-order valence-corrected chi connectivity index (χ4v) is 0.809. The van der Waals surface area contributed by atoms with Crippen LogP contribution in [-0.2, 0) is 40.8 Å². The first-order valence-corrected chi connectivity index (χ1v) is 8.31. The largest absolute Gasteiger partial charge is 3.00 e. The zero-order chi connectivity index (χ0) is 31.4. The van der Waals surface area contributed by atoms with Gasteiger partial charge in [0.2, 0.25) is 0 Å². The van der Waals surface area contributed by atoms with Gasteiger partial charge in [-0.2, -0.15) is 39.5 Å². The van der Waals surface area contributed by atoms with Crippen LogP contribution in [0.5, 0.6) is 0 Å². The summed E-state index contributed by atoms with van der Waals surface area (Å²) in [5, 5.41) is 43.1. The molecule has 0 rings (SSSR count). The second kappa shape index (κ2) is 22.1. The first kappa shape index (κ1) is 48.2. The summed E-state index contributed by atoms with van der Waals surface area (Å²) in [4.78, 5) is 46.8. The second-order valence-electron chi connectivity index (χ2n) is 5.64. The number of alkyl halides is 9. The van der Waals surface area contributed by atoms with Crippen LogP contribution >= 0.6 is 0 Å². The summed E-state index contributed by atoms with van der Waals surface area (Å²) < 4.78 is 94.6. The van der Waals surface area contributed by atoms with E-state index >= 15 is 0 Å². The van der Waals surface area contributed by atoms with Gasteiger partial charge in [0.15, 0.2) is 0 Å². The van der Waals surface area contributed by atoms with Crippen LogP contribution in [0.4, 0.5) is 39.5 Å². The molecule has 10 N–H and O–H groups in total. The van der Waals surface area contributed by atoms with Gasteiger partial charge in [-0.3, -0.25) is 9.59 Å². The van der Waals surface area contributed by atoms with Crippen molar-refractivity contribution in [1.82, 2.24) is 0 Å². The molecule has 0 amide bonds. The molecule has 24 heteroatoms. The summed E-state index contributed by atoms with van der Waals surface area (Å²) in [5.41, 5.74) is 19.0. The summed E-state index contributed by atoms with van der Waals surface area (Å²) in [6.45, 7) is 1.03. The molecule has 0 aliphatic rings. The van der Waals surface area contributed by atoms with Crippen molar-refractivity contribution in [1.29, 1.82) is 0 Å². The summed E-state index contributed by atoms with van der Waals surface area (Å²) in [6.07, 6.45) is -16.5. The van der Waals surface area contributed by atoms with E-state index in [1.165, 1.54) is 0 Å². The van der Waals surface area contributed by atoms with Crippen LogP contribution in [0.3, 0.4) is 0 Å². The molecule has 0 atom stereocenters. The van der Waals surface area contributed by atoms with Gasteiger partial charge in [0.25, 0.3) is 0 Å². The number of carboxylic acid groups (broad SMARTS) is 5. The molecule has 0 unspecified atom stereocenters. The number of carboxylic acids is 5. The van der Waals surface area contributed by atoms with Crippen molar-refractivity contribution >= 4 is 29.8 Å². The number of hydrogen-bond acceptors (Lipinski definition) is 12. The normalized spacial score (nSPS) is 10.6. The Morgan fingerprint density at radius 3 is 0.789 bits per heavy atom. The molecule has 0 aromatic heterocycles. The molecule has 38 heavy (non-hydrogen) atoms. The van der Waals surface area contributed by atoms with E-state index in [2.05, 4.69) is 0 Å². The van der Waals surface area contributed by atoms with Crippen molar-refractivity contribution in [3.05, 3.63) is 0 Å². The second-order valence-corrected chi connectivity index (χ2v) is 5.64. The Morgan fingerprint density at radius 2 is 0.737 bits per heavy atom. The van der Waals surface area contributed by atoms with E-state index in [9.17, 15) is 49.1 Å². The number of aliphatic carboxylic acids is 5. The third-order valence-electron chi connectivity index (χ3n) is 2.27. The molecule has 0 bridgehead atoms. The quantitative estimate of drug-likeness (QED) is 0.150. The van der Waals surface area contributed by atoms with E-state index in [0.29, 0.717) is 13.1 Å². The Kier molecular flexibility index (Phi) is 28.0. The maximum atomic E-state index is 10.5. The molecule has 0 aliphatic carbocycles. The molecular weight excluding hydrogens is 614 g/mol. The first-order chi connectivity index (χ1) is 16.1. The van der Waals surface area contributed by atoms with Gasteiger partial charge in [-0.25, -0.2) is 0 Å². The van der Waals surface area contributed by atoms with Gasteiger partial charge in [-0.05, 0) is 0 Å². The fraction of sp³-hybridized carbons (Fsp3) is 0.643. The topological polar surface area (TPSA) is 299 Å². The van der Waals surface area contributed by atoms with E-state index in [1.54, 1.807) is 0 Å². The zero-order valence-corrected chi connectivity index (χ0v) is 19.3. The van der Waals surface area contributed by atoms with Crippen molar-refractivity contribution in [2.24, 2.45) is 22.9 Å². The molecule has 0 spiro atoms. The maximum Gasteiger partial charge on any atom is 3.00 e. The van der Waals surface area contributed by atoms with Crippen LogP contribution in [0, 0.1) is 0 Å².